The van der Waals surface area contributed by atoms with Gasteiger partial charge in [-0.2, -0.15) is 0 Å². The zero-order valence-electron chi connectivity index (χ0n) is 8.58. The fourth-order valence-corrected chi connectivity index (χ4v) is 2.13. The van der Waals surface area contributed by atoms with Gasteiger partial charge in [0, 0.05) is 37.9 Å². The van der Waals surface area contributed by atoms with Crippen LogP contribution < -0.4 is 11.1 Å². The lowest BCUT2D eigenvalue weighted by atomic mass is 10.0. The summed E-state index contributed by atoms with van der Waals surface area (Å²) in [5, 5.41) is 3.62. The van der Waals surface area contributed by atoms with E-state index in [0.717, 1.165) is 39.1 Å². The highest BCUT2D eigenvalue weighted by Gasteiger charge is 2.25. The van der Waals surface area contributed by atoms with Crippen LogP contribution in [-0.4, -0.2) is 44.6 Å². The molecule has 82 valence electrons. The number of ether oxygens (including phenoxy) is 2. The Morgan fingerprint density at radius 2 is 1.71 bits per heavy atom. The second-order valence-electron chi connectivity index (χ2n) is 4.19. The first kappa shape index (κ1) is 10.4. The summed E-state index contributed by atoms with van der Waals surface area (Å²) in [7, 11) is 0. The molecule has 0 saturated carbocycles. The van der Waals surface area contributed by atoms with Crippen molar-refractivity contribution >= 4 is 0 Å². The van der Waals surface area contributed by atoms with Crippen molar-refractivity contribution in [2.75, 3.05) is 26.4 Å². The molecule has 2 rings (SSSR count). The van der Waals surface area contributed by atoms with Crippen molar-refractivity contribution in [1.29, 1.82) is 0 Å². The maximum Gasteiger partial charge on any atom is 0.0632 e. The highest BCUT2D eigenvalue weighted by atomic mass is 16.5. The van der Waals surface area contributed by atoms with Gasteiger partial charge in [0.25, 0.3) is 0 Å². The fourth-order valence-electron chi connectivity index (χ4n) is 2.13. The third-order valence-electron chi connectivity index (χ3n) is 3.07. The van der Waals surface area contributed by atoms with Gasteiger partial charge in [0.2, 0.25) is 0 Å². The molecule has 3 N–H and O–H groups in total. The van der Waals surface area contributed by atoms with Gasteiger partial charge in [-0.15, -0.1) is 0 Å². The molecule has 2 heterocycles. The molecule has 0 aromatic carbocycles. The van der Waals surface area contributed by atoms with Crippen LogP contribution in [0, 0.1) is 0 Å². The predicted octanol–water partition coefficient (Wildman–Crippen LogP) is -0.129. The summed E-state index contributed by atoms with van der Waals surface area (Å²) in [5.74, 6) is 0. The third-order valence-corrected chi connectivity index (χ3v) is 3.07. The van der Waals surface area contributed by atoms with E-state index < -0.39 is 0 Å². The van der Waals surface area contributed by atoms with E-state index in [9.17, 15) is 0 Å². The Labute approximate surface area is 85.1 Å². The molecule has 4 heteroatoms. The van der Waals surface area contributed by atoms with Crippen LogP contribution in [-0.2, 0) is 9.47 Å². The van der Waals surface area contributed by atoms with E-state index in [-0.39, 0.29) is 6.04 Å². The third kappa shape index (κ3) is 2.67. The highest BCUT2D eigenvalue weighted by Crippen LogP contribution is 2.12. The van der Waals surface area contributed by atoms with Gasteiger partial charge in [0.1, 0.15) is 0 Å². The molecule has 2 saturated heterocycles. The van der Waals surface area contributed by atoms with Crippen molar-refractivity contribution in [3.8, 4) is 0 Å². The largest absolute Gasteiger partial charge is 0.381 e. The van der Waals surface area contributed by atoms with E-state index in [0.29, 0.717) is 18.7 Å². The Morgan fingerprint density at radius 3 is 2.43 bits per heavy atom. The van der Waals surface area contributed by atoms with Crippen molar-refractivity contribution in [3.05, 3.63) is 0 Å². The zero-order valence-corrected chi connectivity index (χ0v) is 8.58. The molecule has 2 aliphatic rings. The molecule has 0 amide bonds. The molecule has 0 aromatic heterocycles. The van der Waals surface area contributed by atoms with Crippen LogP contribution in [0.15, 0.2) is 0 Å². The Kier molecular flexibility index (Phi) is 3.75. The molecule has 2 aliphatic heterocycles. The molecule has 0 spiro atoms. The second-order valence-corrected chi connectivity index (χ2v) is 4.19. The van der Waals surface area contributed by atoms with Gasteiger partial charge >= 0.3 is 0 Å². The molecule has 4 nitrogen and oxygen atoms in total. The molecule has 2 atom stereocenters. The smallest absolute Gasteiger partial charge is 0.0632 e. The van der Waals surface area contributed by atoms with Crippen LogP contribution in [0.4, 0.5) is 0 Å². The Hall–Kier alpha value is -0.160. The molecule has 0 unspecified atom stereocenters. The van der Waals surface area contributed by atoms with Crippen LogP contribution in [0.2, 0.25) is 0 Å². The van der Waals surface area contributed by atoms with E-state index in [1.807, 2.05) is 0 Å². The van der Waals surface area contributed by atoms with Gasteiger partial charge < -0.3 is 20.5 Å². The summed E-state index contributed by atoms with van der Waals surface area (Å²) >= 11 is 0. The molecular weight excluding hydrogens is 180 g/mol. The number of rotatable bonds is 2. The van der Waals surface area contributed by atoms with Crippen molar-refractivity contribution < 1.29 is 9.47 Å². The number of nitrogens with one attached hydrogen (secondary N) is 1. The molecule has 2 fully saturated rings. The average molecular weight is 200 g/mol. The summed E-state index contributed by atoms with van der Waals surface area (Å²) in [6.45, 7) is 3.31. The second kappa shape index (κ2) is 5.07. The van der Waals surface area contributed by atoms with Crippen molar-refractivity contribution in [1.82, 2.24) is 5.32 Å². The molecule has 0 aliphatic carbocycles. The van der Waals surface area contributed by atoms with E-state index in [2.05, 4.69) is 5.32 Å². The van der Waals surface area contributed by atoms with Gasteiger partial charge in [-0.3, -0.25) is 0 Å². The first-order valence-electron chi connectivity index (χ1n) is 5.53. The van der Waals surface area contributed by atoms with Crippen molar-refractivity contribution in [2.24, 2.45) is 5.73 Å². The quantitative estimate of drug-likeness (QED) is 0.652. The van der Waals surface area contributed by atoms with Crippen LogP contribution in [0.25, 0.3) is 0 Å². The van der Waals surface area contributed by atoms with Crippen LogP contribution >= 0.6 is 0 Å². The molecular formula is C10H20N2O2. The van der Waals surface area contributed by atoms with Crippen LogP contribution in [0.3, 0.4) is 0 Å². The van der Waals surface area contributed by atoms with E-state index in [4.69, 9.17) is 15.2 Å². The Morgan fingerprint density at radius 1 is 1.00 bits per heavy atom. The van der Waals surface area contributed by atoms with E-state index >= 15 is 0 Å². The summed E-state index contributed by atoms with van der Waals surface area (Å²) in [6.07, 6.45) is 3.27. The Balaban J connectivity index is 1.76. The standard InChI is InChI=1S/C10H20N2O2/c11-9-7-14-6-3-10(9)12-8-1-4-13-5-2-8/h8-10,12H,1-7,11H2/t9-,10-/m1/s1. The molecule has 0 aromatic rings. The fraction of sp³-hybridized carbons (Fsp3) is 1.00. The summed E-state index contributed by atoms with van der Waals surface area (Å²) in [5.41, 5.74) is 5.98. The first-order chi connectivity index (χ1) is 6.86. The normalized spacial score (nSPS) is 35.8. The maximum absolute atomic E-state index is 5.98. The lowest BCUT2D eigenvalue weighted by molar-refractivity contribution is 0.0417. The zero-order chi connectivity index (χ0) is 9.80. The van der Waals surface area contributed by atoms with Crippen LogP contribution in [0.5, 0.6) is 0 Å². The van der Waals surface area contributed by atoms with Gasteiger partial charge in [0.15, 0.2) is 0 Å². The molecule has 14 heavy (non-hydrogen) atoms. The van der Waals surface area contributed by atoms with E-state index in [1.54, 1.807) is 0 Å². The first-order valence-corrected chi connectivity index (χ1v) is 5.53. The molecule has 0 bridgehead atoms. The SMILES string of the molecule is N[C@@H]1COCC[C@H]1NC1CCOCC1. The highest BCUT2D eigenvalue weighted by molar-refractivity contribution is 4.86. The van der Waals surface area contributed by atoms with Gasteiger partial charge in [-0.1, -0.05) is 0 Å². The number of nitrogens with two attached hydrogens (primary N) is 1. The van der Waals surface area contributed by atoms with Crippen LogP contribution in [0.1, 0.15) is 19.3 Å². The lowest BCUT2D eigenvalue weighted by Crippen LogP contribution is -2.55. The van der Waals surface area contributed by atoms with Gasteiger partial charge in [-0.05, 0) is 19.3 Å². The average Bonchev–Trinajstić information content (AvgIpc) is 2.23. The van der Waals surface area contributed by atoms with Crippen molar-refractivity contribution in [2.45, 2.75) is 37.4 Å². The van der Waals surface area contributed by atoms with Gasteiger partial charge in [0.05, 0.1) is 6.61 Å². The maximum atomic E-state index is 5.98. The number of hydrogen-bond donors (Lipinski definition) is 2. The minimum Gasteiger partial charge on any atom is -0.381 e. The molecule has 0 radical (unpaired) electrons. The lowest BCUT2D eigenvalue weighted by Gasteiger charge is -2.34. The topological polar surface area (TPSA) is 56.5 Å². The van der Waals surface area contributed by atoms with Gasteiger partial charge in [-0.25, -0.2) is 0 Å². The monoisotopic (exact) mass is 200 g/mol. The number of hydrogen-bond acceptors (Lipinski definition) is 4. The minimum absolute atomic E-state index is 0.159. The summed E-state index contributed by atoms with van der Waals surface area (Å²) < 4.78 is 10.6. The summed E-state index contributed by atoms with van der Waals surface area (Å²) in [6, 6.07) is 1.19. The van der Waals surface area contributed by atoms with E-state index in [1.165, 1.54) is 0 Å². The predicted molar refractivity (Wildman–Crippen MR) is 54.2 cm³/mol. The Bertz CT molecular complexity index is 172. The summed E-state index contributed by atoms with van der Waals surface area (Å²) in [4.78, 5) is 0. The van der Waals surface area contributed by atoms with Crippen molar-refractivity contribution in [3.63, 3.8) is 0 Å². The minimum atomic E-state index is 0.159.